The Morgan fingerprint density at radius 1 is 1.08 bits per heavy atom. The molecule has 1 fully saturated rings. The number of anilines is 2. The first-order valence-corrected chi connectivity index (χ1v) is 8.81. The van der Waals surface area contributed by atoms with E-state index in [0.717, 1.165) is 54.4 Å². The van der Waals surface area contributed by atoms with Gasteiger partial charge < -0.3 is 9.80 Å². The molecule has 3 aromatic rings. The van der Waals surface area contributed by atoms with E-state index in [9.17, 15) is 5.26 Å². The molecule has 26 heavy (non-hydrogen) atoms. The molecule has 0 spiro atoms. The summed E-state index contributed by atoms with van der Waals surface area (Å²) in [6, 6.07) is 9.81. The van der Waals surface area contributed by atoms with Crippen LogP contribution in [-0.2, 0) is 0 Å². The van der Waals surface area contributed by atoms with Gasteiger partial charge in [-0.25, -0.2) is 9.97 Å². The van der Waals surface area contributed by atoms with E-state index in [4.69, 9.17) is 11.6 Å². The van der Waals surface area contributed by atoms with Gasteiger partial charge in [0.25, 0.3) is 0 Å². The molecule has 0 N–H and O–H groups in total. The lowest BCUT2D eigenvalue weighted by atomic mass is 10.1. The number of halogens is 1. The van der Waals surface area contributed by atoms with Gasteiger partial charge in [-0.3, -0.25) is 4.98 Å². The van der Waals surface area contributed by atoms with Gasteiger partial charge in [0.05, 0.1) is 16.8 Å². The third kappa shape index (κ3) is 3.02. The van der Waals surface area contributed by atoms with E-state index in [1.165, 1.54) is 0 Å². The monoisotopic (exact) mass is 364 g/mol. The molecule has 6 nitrogen and oxygen atoms in total. The standard InChI is InChI=1S/C19H17ClN6/c1-13-22-5-4-18(24-13)25-6-8-26(9-7-25)19-14(11-21)12-23-17-3-2-15(20)10-16(17)19/h2-5,10,12H,6-9H2,1H3. The normalized spacial score (nSPS) is 14.5. The van der Waals surface area contributed by atoms with Gasteiger partial charge in [0.15, 0.2) is 0 Å². The number of piperazine rings is 1. The SMILES string of the molecule is Cc1nccc(N2CCN(c3c(C#N)cnc4ccc(Cl)cc34)CC2)n1. The van der Waals surface area contributed by atoms with Gasteiger partial charge in [-0.05, 0) is 31.2 Å². The second-order valence-electron chi connectivity index (χ2n) is 6.23. The molecule has 0 saturated carbocycles. The quantitative estimate of drug-likeness (QED) is 0.695. The molecule has 1 saturated heterocycles. The van der Waals surface area contributed by atoms with Crippen LogP contribution in [0.4, 0.5) is 11.5 Å². The maximum absolute atomic E-state index is 9.56. The largest absolute Gasteiger partial charge is 0.366 e. The van der Waals surface area contributed by atoms with Gasteiger partial charge >= 0.3 is 0 Å². The number of aromatic nitrogens is 3. The van der Waals surface area contributed by atoms with Crippen LogP contribution in [-0.4, -0.2) is 41.1 Å². The first kappa shape index (κ1) is 16.6. The molecule has 0 unspecified atom stereocenters. The second kappa shape index (κ2) is 6.77. The van der Waals surface area contributed by atoms with Crippen molar-refractivity contribution < 1.29 is 0 Å². The van der Waals surface area contributed by atoms with Crippen molar-refractivity contribution in [3.63, 3.8) is 0 Å². The van der Waals surface area contributed by atoms with Crippen molar-refractivity contribution in [3.8, 4) is 6.07 Å². The molecular formula is C19H17ClN6. The zero-order valence-electron chi connectivity index (χ0n) is 14.4. The maximum atomic E-state index is 9.56. The zero-order valence-corrected chi connectivity index (χ0v) is 15.1. The maximum Gasteiger partial charge on any atom is 0.132 e. The highest BCUT2D eigenvalue weighted by Gasteiger charge is 2.22. The van der Waals surface area contributed by atoms with E-state index in [2.05, 4.69) is 30.8 Å². The molecule has 130 valence electrons. The first-order valence-electron chi connectivity index (χ1n) is 8.43. The number of nitriles is 1. The minimum atomic E-state index is 0.575. The van der Waals surface area contributed by atoms with Crippen LogP contribution in [0.3, 0.4) is 0 Å². The Kier molecular flexibility index (Phi) is 4.31. The summed E-state index contributed by atoms with van der Waals surface area (Å²) in [5, 5.41) is 11.1. The van der Waals surface area contributed by atoms with E-state index in [1.807, 2.05) is 31.2 Å². The van der Waals surface area contributed by atoms with E-state index < -0.39 is 0 Å². The summed E-state index contributed by atoms with van der Waals surface area (Å²) < 4.78 is 0. The van der Waals surface area contributed by atoms with Crippen molar-refractivity contribution in [3.05, 3.63) is 53.1 Å². The molecule has 3 heterocycles. The Balaban J connectivity index is 1.65. The third-order valence-corrected chi connectivity index (χ3v) is 4.84. The fourth-order valence-electron chi connectivity index (χ4n) is 3.35. The summed E-state index contributed by atoms with van der Waals surface area (Å²) in [5.74, 6) is 1.71. The average Bonchev–Trinajstić information content (AvgIpc) is 2.67. The minimum Gasteiger partial charge on any atom is -0.366 e. The molecule has 1 aliphatic heterocycles. The topological polar surface area (TPSA) is 68.9 Å². The minimum absolute atomic E-state index is 0.575. The number of nitrogens with zero attached hydrogens (tertiary/aromatic N) is 6. The summed E-state index contributed by atoms with van der Waals surface area (Å²) in [7, 11) is 0. The van der Waals surface area contributed by atoms with Crippen LogP contribution in [0.15, 0.2) is 36.7 Å². The molecule has 0 aliphatic carbocycles. The second-order valence-corrected chi connectivity index (χ2v) is 6.67. The summed E-state index contributed by atoms with van der Waals surface area (Å²) >= 11 is 6.19. The van der Waals surface area contributed by atoms with Crippen molar-refractivity contribution in [2.75, 3.05) is 36.0 Å². The predicted octanol–water partition coefficient (Wildman–Crippen LogP) is 3.18. The molecule has 0 radical (unpaired) electrons. The molecule has 1 aliphatic rings. The lowest BCUT2D eigenvalue weighted by Crippen LogP contribution is -2.47. The van der Waals surface area contributed by atoms with Crippen LogP contribution < -0.4 is 9.80 Å². The molecule has 7 heteroatoms. The number of fused-ring (bicyclic) bond motifs is 1. The van der Waals surface area contributed by atoms with Crippen LogP contribution in [0.2, 0.25) is 5.02 Å². The molecule has 0 atom stereocenters. The van der Waals surface area contributed by atoms with Gasteiger partial charge in [-0.1, -0.05) is 11.6 Å². The van der Waals surface area contributed by atoms with E-state index in [1.54, 1.807) is 12.4 Å². The summed E-state index contributed by atoms with van der Waals surface area (Å²) in [5.41, 5.74) is 2.34. The lowest BCUT2D eigenvalue weighted by molar-refractivity contribution is 0.646. The zero-order chi connectivity index (χ0) is 18.1. The Bertz CT molecular complexity index is 1000. The van der Waals surface area contributed by atoms with Gasteiger partial charge in [0.2, 0.25) is 0 Å². The van der Waals surface area contributed by atoms with Crippen LogP contribution in [0.1, 0.15) is 11.4 Å². The van der Waals surface area contributed by atoms with E-state index in [0.29, 0.717) is 10.6 Å². The van der Waals surface area contributed by atoms with Crippen molar-refractivity contribution in [1.29, 1.82) is 5.26 Å². The van der Waals surface area contributed by atoms with Crippen molar-refractivity contribution >= 4 is 34.0 Å². The van der Waals surface area contributed by atoms with Crippen molar-refractivity contribution in [1.82, 2.24) is 15.0 Å². The average molecular weight is 365 g/mol. The smallest absolute Gasteiger partial charge is 0.132 e. The Morgan fingerprint density at radius 3 is 2.58 bits per heavy atom. The fourth-order valence-corrected chi connectivity index (χ4v) is 3.52. The lowest BCUT2D eigenvalue weighted by Gasteiger charge is -2.37. The van der Waals surface area contributed by atoms with Crippen molar-refractivity contribution in [2.45, 2.75) is 6.92 Å². The first-order chi connectivity index (χ1) is 12.7. The number of hydrogen-bond donors (Lipinski definition) is 0. The number of aryl methyl sites for hydroxylation is 1. The number of benzene rings is 1. The highest BCUT2D eigenvalue weighted by atomic mass is 35.5. The van der Waals surface area contributed by atoms with Gasteiger partial charge in [0.1, 0.15) is 17.7 Å². The van der Waals surface area contributed by atoms with Crippen LogP contribution >= 0.6 is 11.6 Å². The molecule has 0 bridgehead atoms. The molecular weight excluding hydrogens is 348 g/mol. The number of hydrogen-bond acceptors (Lipinski definition) is 6. The van der Waals surface area contributed by atoms with Crippen LogP contribution in [0.25, 0.3) is 10.9 Å². The van der Waals surface area contributed by atoms with Gasteiger partial charge in [-0.15, -0.1) is 0 Å². The summed E-state index contributed by atoms with van der Waals surface area (Å²) in [4.78, 5) is 17.5. The Hall–Kier alpha value is -2.91. The molecule has 2 aromatic heterocycles. The summed E-state index contributed by atoms with van der Waals surface area (Å²) in [6.07, 6.45) is 3.43. The van der Waals surface area contributed by atoms with Gasteiger partial charge in [-0.2, -0.15) is 5.26 Å². The number of pyridine rings is 1. The van der Waals surface area contributed by atoms with E-state index in [-0.39, 0.29) is 0 Å². The van der Waals surface area contributed by atoms with E-state index >= 15 is 0 Å². The number of rotatable bonds is 2. The highest BCUT2D eigenvalue weighted by Crippen LogP contribution is 2.32. The Morgan fingerprint density at radius 2 is 1.85 bits per heavy atom. The van der Waals surface area contributed by atoms with Crippen LogP contribution in [0.5, 0.6) is 0 Å². The third-order valence-electron chi connectivity index (χ3n) is 4.60. The molecule has 0 amide bonds. The van der Waals surface area contributed by atoms with Crippen molar-refractivity contribution in [2.24, 2.45) is 0 Å². The molecule has 1 aromatic carbocycles. The molecule has 4 rings (SSSR count). The Labute approximate surface area is 156 Å². The highest BCUT2D eigenvalue weighted by molar-refractivity contribution is 6.31. The van der Waals surface area contributed by atoms with Crippen LogP contribution in [0, 0.1) is 18.3 Å². The summed E-state index contributed by atoms with van der Waals surface area (Å²) in [6.45, 7) is 5.13. The predicted molar refractivity (Wildman–Crippen MR) is 103 cm³/mol. The van der Waals surface area contributed by atoms with Gasteiger partial charge in [0, 0.05) is 49.0 Å². The fraction of sp³-hybridized carbons (Fsp3) is 0.263.